The summed E-state index contributed by atoms with van der Waals surface area (Å²) in [6, 6.07) is 6.61. The molecule has 24 heavy (non-hydrogen) atoms. The van der Waals surface area contributed by atoms with Gasteiger partial charge in [-0.1, -0.05) is 12.1 Å². The lowest BCUT2D eigenvalue weighted by molar-refractivity contribution is -0.137. The summed E-state index contributed by atoms with van der Waals surface area (Å²) in [5, 5.41) is 0. The standard InChI is InChI=1S/C17H17F3N2O2/c18-17(19,20)13-3-1-11(2-4-13)9-22(14-5-6-14)16(23)12-7-15(8-21)24-10-12/h1-4,7,10,14H,5-6,8-9,21H2. The molecule has 1 aromatic carbocycles. The van der Waals surface area contributed by atoms with Crippen molar-refractivity contribution in [1.82, 2.24) is 4.90 Å². The molecular weight excluding hydrogens is 321 g/mol. The minimum absolute atomic E-state index is 0.121. The molecule has 0 aliphatic heterocycles. The van der Waals surface area contributed by atoms with Crippen LogP contribution in [0.1, 0.15) is 40.1 Å². The van der Waals surface area contributed by atoms with Crippen molar-refractivity contribution in [3.8, 4) is 0 Å². The lowest BCUT2D eigenvalue weighted by atomic mass is 10.1. The van der Waals surface area contributed by atoms with Crippen molar-refractivity contribution in [1.29, 1.82) is 0 Å². The molecule has 7 heteroatoms. The lowest BCUT2D eigenvalue weighted by Crippen LogP contribution is -2.32. The van der Waals surface area contributed by atoms with Gasteiger partial charge in [-0.25, -0.2) is 0 Å². The van der Waals surface area contributed by atoms with Crippen LogP contribution in [0.3, 0.4) is 0 Å². The summed E-state index contributed by atoms with van der Waals surface area (Å²) < 4.78 is 43.1. The van der Waals surface area contributed by atoms with Crippen LogP contribution in [0.15, 0.2) is 41.0 Å². The zero-order valence-electron chi connectivity index (χ0n) is 12.8. The highest BCUT2D eigenvalue weighted by atomic mass is 19.4. The second-order valence-corrected chi connectivity index (χ2v) is 5.86. The quantitative estimate of drug-likeness (QED) is 0.907. The molecule has 4 nitrogen and oxygen atoms in total. The maximum Gasteiger partial charge on any atom is 0.416 e. The summed E-state index contributed by atoms with van der Waals surface area (Å²) in [5.74, 6) is 0.324. The monoisotopic (exact) mass is 338 g/mol. The smallest absolute Gasteiger partial charge is 0.416 e. The number of nitrogens with zero attached hydrogens (tertiary/aromatic N) is 1. The molecule has 2 N–H and O–H groups in total. The zero-order valence-corrected chi connectivity index (χ0v) is 12.8. The summed E-state index contributed by atoms with van der Waals surface area (Å²) in [5.41, 5.74) is 5.85. The number of carbonyl (C=O) groups is 1. The molecule has 2 aromatic rings. The van der Waals surface area contributed by atoms with Gasteiger partial charge in [0.15, 0.2) is 0 Å². The summed E-state index contributed by atoms with van der Waals surface area (Å²) in [7, 11) is 0. The Morgan fingerprint density at radius 3 is 2.42 bits per heavy atom. The minimum atomic E-state index is -4.36. The van der Waals surface area contributed by atoms with Gasteiger partial charge in [0.25, 0.3) is 5.91 Å². The first-order valence-electron chi connectivity index (χ1n) is 7.63. The fourth-order valence-electron chi connectivity index (χ4n) is 2.51. The molecule has 0 unspecified atom stereocenters. The van der Waals surface area contributed by atoms with Crippen molar-refractivity contribution in [2.24, 2.45) is 5.73 Å². The first-order chi connectivity index (χ1) is 11.4. The fourth-order valence-corrected chi connectivity index (χ4v) is 2.51. The number of nitrogens with two attached hydrogens (primary N) is 1. The molecule has 1 aliphatic carbocycles. The first-order valence-corrected chi connectivity index (χ1v) is 7.63. The van der Waals surface area contributed by atoms with Crippen molar-refractivity contribution in [2.75, 3.05) is 0 Å². The number of carbonyl (C=O) groups excluding carboxylic acids is 1. The molecule has 0 saturated heterocycles. The van der Waals surface area contributed by atoms with E-state index in [9.17, 15) is 18.0 Å². The van der Waals surface area contributed by atoms with Gasteiger partial charge in [0.05, 0.1) is 17.7 Å². The predicted octanol–water partition coefficient (Wildman–Crippen LogP) is 3.56. The molecule has 128 valence electrons. The minimum Gasteiger partial charge on any atom is -0.467 e. The van der Waals surface area contributed by atoms with Crippen molar-refractivity contribution in [3.63, 3.8) is 0 Å². The Labute approximate surface area is 137 Å². The predicted molar refractivity (Wildman–Crippen MR) is 80.9 cm³/mol. The molecule has 0 radical (unpaired) electrons. The highest BCUT2D eigenvalue weighted by Crippen LogP contribution is 2.32. The van der Waals surface area contributed by atoms with Gasteiger partial charge in [0.2, 0.25) is 0 Å². The van der Waals surface area contributed by atoms with Gasteiger partial charge in [0, 0.05) is 12.6 Å². The van der Waals surface area contributed by atoms with Crippen LogP contribution in [0.5, 0.6) is 0 Å². The van der Waals surface area contributed by atoms with Crippen LogP contribution in [0.2, 0.25) is 0 Å². The molecule has 1 heterocycles. The summed E-state index contributed by atoms with van der Waals surface area (Å²) in [6.07, 6.45) is -1.20. The third kappa shape index (κ3) is 3.62. The maximum absolute atomic E-state index is 12.6. The molecule has 1 saturated carbocycles. The van der Waals surface area contributed by atoms with E-state index < -0.39 is 11.7 Å². The summed E-state index contributed by atoms with van der Waals surface area (Å²) in [6.45, 7) is 0.473. The largest absolute Gasteiger partial charge is 0.467 e. The fraction of sp³-hybridized carbons (Fsp3) is 0.353. The van der Waals surface area contributed by atoms with Gasteiger partial charge in [-0.2, -0.15) is 13.2 Å². The van der Waals surface area contributed by atoms with Crippen LogP contribution in [0, 0.1) is 0 Å². The summed E-state index contributed by atoms with van der Waals surface area (Å²) in [4.78, 5) is 14.3. The zero-order chi connectivity index (χ0) is 17.3. The molecule has 1 aliphatic rings. The molecule has 3 rings (SSSR count). The second-order valence-electron chi connectivity index (χ2n) is 5.86. The number of rotatable bonds is 5. The molecule has 0 bridgehead atoms. The first kappa shape index (κ1) is 16.6. The van der Waals surface area contributed by atoms with Gasteiger partial charge in [-0.3, -0.25) is 4.79 Å². The Bertz CT molecular complexity index is 718. The maximum atomic E-state index is 12.6. The highest BCUT2D eigenvalue weighted by molar-refractivity contribution is 5.94. The van der Waals surface area contributed by atoms with Crippen LogP contribution in [-0.2, 0) is 19.3 Å². The van der Waals surface area contributed by atoms with E-state index >= 15 is 0 Å². The molecule has 0 atom stereocenters. The number of furan rings is 1. The lowest BCUT2D eigenvalue weighted by Gasteiger charge is -2.22. The molecular formula is C17H17F3N2O2. The van der Waals surface area contributed by atoms with Crippen LogP contribution in [0.4, 0.5) is 13.2 Å². The van der Waals surface area contributed by atoms with E-state index in [-0.39, 0.29) is 25.0 Å². The van der Waals surface area contributed by atoms with Gasteiger partial charge >= 0.3 is 6.18 Å². The Balaban J connectivity index is 1.76. The molecule has 0 spiro atoms. The Kier molecular flexibility index (Phi) is 4.36. The number of amides is 1. The van der Waals surface area contributed by atoms with Crippen LogP contribution >= 0.6 is 0 Å². The highest BCUT2D eigenvalue weighted by Gasteiger charge is 2.34. The van der Waals surface area contributed by atoms with Crippen molar-refractivity contribution in [2.45, 2.75) is 38.1 Å². The van der Waals surface area contributed by atoms with E-state index in [4.69, 9.17) is 10.2 Å². The number of halogens is 3. The third-order valence-corrected chi connectivity index (χ3v) is 3.98. The summed E-state index contributed by atoms with van der Waals surface area (Å²) >= 11 is 0. The van der Waals surface area contributed by atoms with E-state index in [2.05, 4.69) is 0 Å². The van der Waals surface area contributed by atoms with Crippen LogP contribution in [0.25, 0.3) is 0 Å². The van der Waals surface area contributed by atoms with Gasteiger partial charge in [0.1, 0.15) is 12.0 Å². The Hall–Kier alpha value is -2.28. The van der Waals surface area contributed by atoms with Gasteiger partial charge < -0.3 is 15.1 Å². The molecule has 1 fully saturated rings. The van der Waals surface area contributed by atoms with E-state index in [1.807, 2.05) is 0 Å². The number of hydrogen-bond acceptors (Lipinski definition) is 3. The van der Waals surface area contributed by atoms with Gasteiger partial charge in [-0.15, -0.1) is 0 Å². The van der Waals surface area contributed by atoms with E-state index in [0.717, 1.165) is 25.0 Å². The number of hydrogen-bond donors (Lipinski definition) is 1. The average Bonchev–Trinajstić information content (AvgIpc) is 3.28. The van der Waals surface area contributed by atoms with E-state index in [1.165, 1.54) is 18.4 Å². The van der Waals surface area contributed by atoms with E-state index in [0.29, 0.717) is 16.9 Å². The van der Waals surface area contributed by atoms with Crippen molar-refractivity contribution >= 4 is 5.91 Å². The van der Waals surface area contributed by atoms with Gasteiger partial charge in [-0.05, 0) is 36.6 Å². The average molecular weight is 338 g/mol. The van der Waals surface area contributed by atoms with Crippen LogP contribution < -0.4 is 5.73 Å². The van der Waals surface area contributed by atoms with Crippen LogP contribution in [-0.4, -0.2) is 16.8 Å². The Morgan fingerprint density at radius 2 is 1.92 bits per heavy atom. The van der Waals surface area contributed by atoms with E-state index in [1.54, 1.807) is 11.0 Å². The SMILES string of the molecule is NCc1cc(C(=O)N(Cc2ccc(C(F)(F)F)cc2)C2CC2)co1. The normalized spacial score (nSPS) is 14.7. The topological polar surface area (TPSA) is 59.5 Å². The molecule has 1 amide bonds. The van der Waals surface area contributed by atoms with Crippen molar-refractivity contribution < 1.29 is 22.4 Å². The number of alkyl halides is 3. The molecule has 1 aromatic heterocycles. The Morgan fingerprint density at radius 1 is 1.25 bits per heavy atom. The van der Waals surface area contributed by atoms with Crippen molar-refractivity contribution in [3.05, 3.63) is 59.0 Å². The third-order valence-electron chi connectivity index (χ3n) is 3.98. The number of benzene rings is 1. The second kappa shape index (κ2) is 6.32.